The molecule has 0 saturated carbocycles. The number of anilines is 2. The van der Waals surface area contributed by atoms with Crippen molar-refractivity contribution in [2.75, 3.05) is 11.9 Å². The first-order valence-corrected chi connectivity index (χ1v) is 9.25. The van der Waals surface area contributed by atoms with E-state index >= 15 is 0 Å². The van der Waals surface area contributed by atoms with Gasteiger partial charge in [-0.1, -0.05) is 0 Å². The minimum absolute atomic E-state index is 0.286. The van der Waals surface area contributed by atoms with Crippen LogP contribution < -0.4 is 10.6 Å². The van der Waals surface area contributed by atoms with Crippen molar-refractivity contribution < 1.29 is 0 Å². The van der Waals surface area contributed by atoms with E-state index in [2.05, 4.69) is 32.5 Å². The van der Waals surface area contributed by atoms with Gasteiger partial charge in [0.05, 0.1) is 23.8 Å². The van der Waals surface area contributed by atoms with Crippen LogP contribution in [0.5, 0.6) is 0 Å². The Morgan fingerprint density at radius 2 is 1.93 bits per heavy atom. The molecular weight excluding hydrogens is 338 g/mol. The third-order valence-electron chi connectivity index (χ3n) is 4.74. The first-order chi connectivity index (χ1) is 13.2. The van der Waals surface area contributed by atoms with Gasteiger partial charge in [0, 0.05) is 43.2 Å². The maximum atomic E-state index is 4.80. The summed E-state index contributed by atoms with van der Waals surface area (Å²) < 4.78 is 0. The second-order valence-electron chi connectivity index (χ2n) is 7.05. The molecule has 0 amide bonds. The second-order valence-corrected chi connectivity index (χ2v) is 7.05. The molecule has 0 aliphatic carbocycles. The zero-order chi connectivity index (χ0) is 18.6. The van der Waals surface area contributed by atoms with Crippen molar-refractivity contribution in [3.63, 3.8) is 0 Å². The molecule has 2 N–H and O–H groups in total. The molecular formula is C20H23N7. The fourth-order valence-electron chi connectivity index (χ4n) is 3.27. The Bertz CT molecular complexity index is 905. The van der Waals surface area contributed by atoms with Crippen molar-refractivity contribution in [2.45, 2.75) is 38.6 Å². The predicted molar refractivity (Wildman–Crippen MR) is 105 cm³/mol. The minimum Gasteiger partial charge on any atom is -0.339 e. The zero-order valence-electron chi connectivity index (χ0n) is 15.6. The Morgan fingerprint density at radius 3 is 2.67 bits per heavy atom. The topological polar surface area (TPSA) is 88.5 Å². The molecule has 3 aromatic rings. The molecule has 4 rings (SSSR count). The van der Waals surface area contributed by atoms with Crippen LogP contribution in [-0.4, -0.2) is 37.5 Å². The van der Waals surface area contributed by atoms with Gasteiger partial charge in [-0.25, -0.2) is 9.97 Å². The highest BCUT2D eigenvalue weighted by Gasteiger charge is 2.23. The molecule has 1 saturated heterocycles. The van der Waals surface area contributed by atoms with E-state index in [1.54, 1.807) is 24.8 Å². The number of piperidine rings is 1. The molecule has 0 radical (unpaired) electrons. The zero-order valence-corrected chi connectivity index (χ0v) is 15.6. The quantitative estimate of drug-likeness (QED) is 0.737. The SMILES string of the molecule is Cc1cncc(Nc2cc(-c3cnccn3)nc([C@@H]3CC[C@H](C)NC3)n2)c1. The molecule has 0 bridgehead atoms. The lowest BCUT2D eigenvalue weighted by Crippen LogP contribution is -2.36. The van der Waals surface area contributed by atoms with Crippen LogP contribution in [0.2, 0.25) is 0 Å². The largest absolute Gasteiger partial charge is 0.339 e. The van der Waals surface area contributed by atoms with E-state index in [1.165, 1.54) is 0 Å². The summed E-state index contributed by atoms with van der Waals surface area (Å²) >= 11 is 0. The van der Waals surface area contributed by atoms with Gasteiger partial charge in [0.15, 0.2) is 0 Å². The van der Waals surface area contributed by atoms with Crippen molar-refractivity contribution in [1.82, 2.24) is 30.2 Å². The number of nitrogens with one attached hydrogen (secondary N) is 2. The molecule has 1 aliphatic heterocycles. The third kappa shape index (κ3) is 4.25. The molecule has 4 heterocycles. The molecule has 27 heavy (non-hydrogen) atoms. The average molecular weight is 361 g/mol. The van der Waals surface area contributed by atoms with E-state index in [4.69, 9.17) is 9.97 Å². The summed E-state index contributed by atoms with van der Waals surface area (Å²) in [7, 11) is 0. The normalized spacial score (nSPS) is 19.6. The van der Waals surface area contributed by atoms with Gasteiger partial charge in [-0.3, -0.25) is 15.0 Å². The highest BCUT2D eigenvalue weighted by Crippen LogP contribution is 2.27. The first-order valence-electron chi connectivity index (χ1n) is 9.25. The second kappa shape index (κ2) is 7.75. The fraction of sp³-hybridized carbons (Fsp3) is 0.350. The lowest BCUT2D eigenvalue weighted by Gasteiger charge is -2.27. The molecule has 0 spiro atoms. The van der Waals surface area contributed by atoms with Gasteiger partial charge >= 0.3 is 0 Å². The highest BCUT2D eigenvalue weighted by molar-refractivity contribution is 5.62. The Morgan fingerprint density at radius 1 is 1.00 bits per heavy atom. The van der Waals surface area contributed by atoms with Gasteiger partial charge in [-0.2, -0.15) is 0 Å². The lowest BCUT2D eigenvalue weighted by molar-refractivity contribution is 0.376. The third-order valence-corrected chi connectivity index (χ3v) is 4.74. The van der Waals surface area contributed by atoms with Crippen LogP contribution >= 0.6 is 0 Å². The lowest BCUT2D eigenvalue weighted by atomic mass is 9.94. The number of pyridine rings is 1. The number of nitrogens with zero attached hydrogens (tertiary/aromatic N) is 5. The minimum atomic E-state index is 0.286. The monoisotopic (exact) mass is 361 g/mol. The van der Waals surface area contributed by atoms with Crippen molar-refractivity contribution in [1.29, 1.82) is 0 Å². The van der Waals surface area contributed by atoms with Crippen molar-refractivity contribution in [3.8, 4) is 11.4 Å². The van der Waals surface area contributed by atoms with Crippen LogP contribution in [0.15, 0.2) is 43.1 Å². The van der Waals surface area contributed by atoms with Crippen molar-refractivity contribution >= 4 is 11.5 Å². The smallest absolute Gasteiger partial charge is 0.135 e. The van der Waals surface area contributed by atoms with Crippen LogP contribution in [0.3, 0.4) is 0 Å². The molecule has 1 aliphatic rings. The van der Waals surface area contributed by atoms with Crippen LogP contribution in [0.4, 0.5) is 11.5 Å². The number of aryl methyl sites for hydroxylation is 1. The average Bonchev–Trinajstić information content (AvgIpc) is 2.69. The number of rotatable bonds is 4. The van der Waals surface area contributed by atoms with E-state index < -0.39 is 0 Å². The molecule has 2 atom stereocenters. The Balaban J connectivity index is 1.70. The maximum Gasteiger partial charge on any atom is 0.135 e. The van der Waals surface area contributed by atoms with Crippen LogP contribution in [0.25, 0.3) is 11.4 Å². The van der Waals surface area contributed by atoms with Crippen LogP contribution in [-0.2, 0) is 0 Å². The highest BCUT2D eigenvalue weighted by atomic mass is 15.1. The van der Waals surface area contributed by atoms with E-state index in [0.29, 0.717) is 6.04 Å². The molecule has 0 unspecified atom stereocenters. The van der Waals surface area contributed by atoms with E-state index in [-0.39, 0.29) is 5.92 Å². The summed E-state index contributed by atoms with van der Waals surface area (Å²) in [4.78, 5) is 22.4. The number of aromatic nitrogens is 5. The van der Waals surface area contributed by atoms with Gasteiger partial charge < -0.3 is 10.6 Å². The van der Waals surface area contributed by atoms with Gasteiger partial charge in [-0.15, -0.1) is 0 Å². The van der Waals surface area contributed by atoms with Crippen molar-refractivity contribution in [3.05, 3.63) is 54.5 Å². The first kappa shape index (κ1) is 17.5. The molecule has 1 fully saturated rings. The summed E-state index contributed by atoms with van der Waals surface area (Å²) in [6.45, 7) is 5.12. The van der Waals surface area contributed by atoms with E-state index in [9.17, 15) is 0 Å². The van der Waals surface area contributed by atoms with Gasteiger partial charge in [-0.05, 0) is 38.3 Å². The van der Waals surface area contributed by atoms with Gasteiger partial charge in [0.25, 0.3) is 0 Å². The number of hydrogen-bond donors (Lipinski definition) is 2. The van der Waals surface area contributed by atoms with Crippen molar-refractivity contribution in [2.24, 2.45) is 0 Å². The molecule has 0 aromatic carbocycles. The predicted octanol–water partition coefficient (Wildman–Crippen LogP) is 3.24. The van der Waals surface area contributed by atoms with Gasteiger partial charge in [0.2, 0.25) is 0 Å². The molecule has 3 aromatic heterocycles. The molecule has 7 heteroatoms. The Hall–Kier alpha value is -2.93. The number of hydrogen-bond acceptors (Lipinski definition) is 7. The summed E-state index contributed by atoms with van der Waals surface area (Å²) in [6.07, 6.45) is 10.9. The Kier molecular flexibility index (Phi) is 5.02. The van der Waals surface area contributed by atoms with Gasteiger partial charge in [0.1, 0.15) is 17.3 Å². The van der Waals surface area contributed by atoms with E-state index in [1.807, 2.05) is 25.3 Å². The summed E-state index contributed by atoms with van der Waals surface area (Å²) in [5, 5.41) is 6.89. The maximum absolute atomic E-state index is 4.80. The molecule has 7 nitrogen and oxygen atoms in total. The Labute approximate surface area is 158 Å². The summed E-state index contributed by atoms with van der Waals surface area (Å²) in [5.74, 6) is 1.86. The van der Waals surface area contributed by atoms with Crippen LogP contribution in [0, 0.1) is 6.92 Å². The fourth-order valence-corrected chi connectivity index (χ4v) is 3.27. The summed E-state index contributed by atoms with van der Waals surface area (Å²) in [5.41, 5.74) is 3.51. The molecule has 138 valence electrons. The van der Waals surface area contributed by atoms with E-state index in [0.717, 1.165) is 53.7 Å². The van der Waals surface area contributed by atoms with Crippen LogP contribution in [0.1, 0.15) is 37.1 Å². The standard InChI is InChI=1S/C20H23N7/c1-13-7-16(11-22-9-13)25-19-8-17(18-12-21-5-6-23-18)26-20(27-19)15-4-3-14(2)24-10-15/h5-9,11-12,14-15,24H,3-4,10H2,1-2H3,(H,25,26,27)/t14-,15+/m0/s1. The summed E-state index contributed by atoms with van der Waals surface area (Å²) in [6, 6.07) is 4.50.